The van der Waals surface area contributed by atoms with E-state index in [1.54, 1.807) is 13.2 Å². The van der Waals surface area contributed by atoms with Crippen LogP contribution in [-0.2, 0) is 0 Å². The lowest BCUT2D eigenvalue weighted by Gasteiger charge is -2.01. The maximum absolute atomic E-state index is 5.89. The summed E-state index contributed by atoms with van der Waals surface area (Å²) in [6.07, 6.45) is 4.31. The van der Waals surface area contributed by atoms with Crippen molar-refractivity contribution in [1.82, 2.24) is 20.1 Å². The van der Waals surface area contributed by atoms with Crippen LogP contribution in [0, 0.1) is 0 Å². The van der Waals surface area contributed by atoms with E-state index in [4.69, 9.17) is 15.0 Å². The third-order valence-electron chi connectivity index (χ3n) is 3.34. The van der Waals surface area contributed by atoms with Gasteiger partial charge in [-0.3, -0.25) is 0 Å². The molecule has 0 saturated heterocycles. The van der Waals surface area contributed by atoms with E-state index >= 15 is 0 Å². The molecule has 3 rings (SSSR count). The summed E-state index contributed by atoms with van der Waals surface area (Å²) in [6, 6.07) is 1.91. The molecule has 19 heavy (non-hydrogen) atoms. The number of nitrogens with two attached hydrogens (primary N) is 1. The van der Waals surface area contributed by atoms with Gasteiger partial charge in [-0.1, -0.05) is 5.16 Å². The summed E-state index contributed by atoms with van der Waals surface area (Å²) in [4.78, 5) is 12.4. The number of nitrogens with zero attached hydrogens (tertiary/aromatic N) is 4. The van der Waals surface area contributed by atoms with Crippen molar-refractivity contribution < 1.29 is 9.26 Å². The predicted octanol–water partition coefficient (Wildman–Crippen LogP) is 1.13. The summed E-state index contributed by atoms with van der Waals surface area (Å²) in [7, 11) is 1.55. The van der Waals surface area contributed by atoms with Gasteiger partial charge in [0.1, 0.15) is 12.0 Å². The van der Waals surface area contributed by atoms with Crippen molar-refractivity contribution >= 4 is 0 Å². The minimum absolute atomic E-state index is 0.236. The van der Waals surface area contributed by atoms with Crippen molar-refractivity contribution in [2.75, 3.05) is 7.11 Å². The number of ether oxygens (including phenoxy) is 1. The standard InChI is InChI=1S/C12H15N5O2/c1-18-10-5-9(14-6-15-10)11-16-12(19-17-11)7-2-3-8(13)4-7/h5-8H,2-4,13H2,1H3. The van der Waals surface area contributed by atoms with Crippen LogP contribution in [-0.4, -0.2) is 33.3 Å². The van der Waals surface area contributed by atoms with Crippen LogP contribution in [0.5, 0.6) is 5.88 Å². The Morgan fingerprint density at radius 1 is 1.37 bits per heavy atom. The number of hydrogen-bond acceptors (Lipinski definition) is 7. The molecule has 0 aliphatic heterocycles. The topological polar surface area (TPSA) is 100.0 Å². The molecule has 1 aliphatic carbocycles. The maximum Gasteiger partial charge on any atom is 0.230 e. The van der Waals surface area contributed by atoms with Crippen molar-refractivity contribution in [2.45, 2.75) is 31.2 Å². The zero-order chi connectivity index (χ0) is 13.2. The van der Waals surface area contributed by atoms with E-state index in [-0.39, 0.29) is 12.0 Å². The Morgan fingerprint density at radius 2 is 2.26 bits per heavy atom. The lowest BCUT2D eigenvalue weighted by Crippen LogP contribution is -2.14. The summed E-state index contributed by atoms with van der Waals surface area (Å²) in [5, 5.41) is 3.96. The van der Waals surface area contributed by atoms with E-state index < -0.39 is 0 Å². The number of aromatic nitrogens is 4. The second kappa shape index (κ2) is 4.93. The summed E-state index contributed by atoms with van der Waals surface area (Å²) in [5.74, 6) is 1.83. The summed E-state index contributed by atoms with van der Waals surface area (Å²) in [6.45, 7) is 0. The normalized spacial score (nSPS) is 22.6. The highest BCUT2D eigenvalue weighted by Gasteiger charge is 2.28. The highest BCUT2D eigenvalue weighted by molar-refractivity contribution is 5.49. The van der Waals surface area contributed by atoms with Crippen molar-refractivity contribution in [1.29, 1.82) is 0 Å². The van der Waals surface area contributed by atoms with Crippen molar-refractivity contribution in [3.63, 3.8) is 0 Å². The molecular weight excluding hydrogens is 246 g/mol. The zero-order valence-corrected chi connectivity index (χ0v) is 10.6. The third-order valence-corrected chi connectivity index (χ3v) is 3.34. The van der Waals surface area contributed by atoms with Crippen molar-refractivity contribution in [3.05, 3.63) is 18.3 Å². The molecule has 1 fully saturated rings. The number of hydrogen-bond donors (Lipinski definition) is 1. The highest BCUT2D eigenvalue weighted by atomic mass is 16.5. The molecule has 2 atom stereocenters. The Hall–Kier alpha value is -2.02. The van der Waals surface area contributed by atoms with Crippen LogP contribution in [0.4, 0.5) is 0 Å². The molecule has 0 spiro atoms. The van der Waals surface area contributed by atoms with E-state index in [0.29, 0.717) is 23.3 Å². The minimum Gasteiger partial charge on any atom is -0.481 e. The Kier molecular flexibility index (Phi) is 3.12. The predicted molar refractivity (Wildman–Crippen MR) is 66.4 cm³/mol. The lowest BCUT2D eigenvalue weighted by molar-refractivity contribution is 0.353. The first-order chi connectivity index (χ1) is 9.26. The minimum atomic E-state index is 0.236. The van der Waals surface area contributed by atoms with Gasteiger partial charge in [-0.15, -0.1) is 0 Å². The molecule has 2 aromatic heterocycles. The Morgan fingerprint density at radius 3 is 3.00 bits per heavy atom. The molecule has 2 N–H and O–H groups in total. The first-order valence-corrected chi connectivity index (χ1v) is 6.22. The van der Waals surface area contributed by atoms with Gasteiger partial charge in [-0.05, 0) is 19.3 Å². The van der Waals surface area contributed by atoms with Gasteiger partial charge in [-0.25, -0.2) is 9.97 Å². The molecule has 0 bridgehead atoms. The average molecular weight is 261 g/mol. The molecule has 2 aromatic rings. The van der Waals surface area contributed by atoms with Gasteiger partial charge in [0.25, 0.3) is 0 Å². The smallest absolute Gasteiger partial charge is 0.230 e. The number of methoxy groups -OCH3 is 1. The van der Waals surface area contributed by atoms with E-state index in [2.05, 4.69) is 20.1 Å². The molecule has 2 unspecified atom stereocenters. The van der Waals surface area contributed by atoms with Gasteiger partial charge >= 0.3 is 0 Å². The van der Waals surface area contributed by atoms with Crippen LogP contribution < -0.4 is 10.5 Å². The SMILES string of the molecule is COc1cc(-c2noc(C3CCC(N)C3)n2)ncn1. The summed E-state index contributed by atoms with van der Waals surface area (Å²) < 4.78 is 10.4. The van der Waals surface area contributed by atoms with E-state index in [1.807, 2.05) is 0 Å². The summed E-state index contributed by atoms with van der Waals surface area (Å²) >= 11 is 0. The second-order valence-electron chi connectivity index (χ2n) is 4.67. The van der Waals surface area contributed by atoms with Gasteiger partial charge in [0, 0.05) is 18.0 Å². The van der Waals surface area contributed by atoms with Crippen LogP contribution in [0.1, 0.15) is 31.1 Å². The fourth-order valence-corrected chi connectivity index (χ4v) is 2.32. The molecule has 2 heterocycles. The maximum atomic E-state index is 5.89. The largest absolute Gasteiger partial charge is 0.481 e. The monoisotopic (exact) mass is 261 g/mol. The fraction of sp³-hybridized carbons (Fsp3) is 0.500. The molecule has 1 aliphatic rings. The van der Waals surface area contributed by atoms with Crippen molar-refractivity contribution in [2.24, 2.45) is 5.73 Å². The molecule has 0 radical (unpaired) electrons. The first kappa shape index (κ1) is 12.0. The van der Waals surface area contributed by atoms with Crippen LogP contribution in [0.15, 0.2) is 16.9 Å². The number of rotatable bonds is 3. The van der Waals surface area contributed by atoms with Gasteiger partial charge in [0.05, 0.1) is 7.11 Å². The van der Waals surface area contributed by atoms with Crippen molar-refractivity contribution in [3.8, 4) is 17.4 Å². The van der Waals surface area contributed by atoms with Gasteiger partial charge < -0.3 is 15.0 Å². The average Bonchev–Trinajstić information content (AvgIpc) is 3.07. The first-order valence-electron chi connectivity index (χ1n) is 6.22. The second-order valence-corrected chi connectivity index (χ2v) is 4.67. The quantitative estimate of drug-likeness (QED) is 0.883. The molecule has 100 valence electrons. The molecule has 7 nitrogen and oxygen atoms in total. The van der Waals surface area contributed by atoms with E-state index in [0.717, 1.165) is 19.3 Å². The third kappa shape index (κ3) is 2.41. The van der Waals surface area contributed by atoms with Crippen LogP contribution in [0.3, 0.4) is 0 Å². The Balaban J connectivity index is 1.84. The highest BCUT2D eigenvalue weighted by Crippen LogP contribution is 2.33. The summed E-state index contributed by atoms with van der Waals surface area (Å²) in [5.41, 5.74) is 6.48. The van der Waals surface area contributed by atoms with Gasteiger partial charge in [-0.2, -0.15) is 4.98 Å². The zero-order valence-electron chi connectivity index (χ0n) is 10.6. The molecule has 0 aromatic carbocycles. The van der Waals surface area contributed by atoms with Gasteiger partial charge in [0.2, 0.25) is 17.6 Å². The lowest BCUT2D eigenvalue weighted by atomic mass is 10.1. The Labute approximate surface area is 110 Å². The van der Waals surface area contributed by atoms with Crippen LogP contribution in [0.25, 0.3) is 11.5 Å². The van der Waals surface area contributed by atoms with E-state index in [9.17, 15) is 0 Å². The molecular formula is C12H15N5O2. The molecule has 1 saturated carbocycles. The molecule has 0 amide bonds. The fourth-order valence-electron chi connectivity index (χ4n) is 2.32. The van der Waals surface area contributed by atoms with Crippen LogP contribution in [0.2, 0.25) is 0 Å². The van der Waals surface area contributed by atoms with Gasteiger partial charge in [0.15, 0.2) is 0 Å². The van der Waals surface area contributed by atoms with E-state index in [1.165, 1.54) is 6.33 Å². The van der Waals surface area contributed by atoms with Crippen LogP contribution >= 0.6 is 0 Å². The molecule has 7 heteroatoms. The Bertz CT molecular complexity index is 571.